The number of rotatable bonds is 3. The molecule has 1 aliphatic rings. The van der Waals surface area contributed by atoms with Crippen molar-refractivity contribution in [3.8, 4) is 0 Å². The van der Waals surface area contributed by atoms with Crippen molar-refractivity contribution in [2.45, 2.75) is 38.0 Å². The molecule has 1 rings (SSSR count). The first-order chi connectivity index (χ1) is 5.18. The molecule has 1 fully saturated rings. The highest BCUT2D eigenvalue weighted by atomic mass is 32.2. The van der Waals surface area contributed by atoms with Crippen molar-refractivity contribution in [3.05, 3.63) is 0 Å². The minimum Gasteiger partial charge on any atom is -0.353 e. The minimum atomic E-state index is 0.222. The predicted molar refractivity (Wildman–Crippen MR) is 48.8 cm³/mol. The van der Waals surface area contributed by atoms with Gasteiger partial charge in [-0.1, -0.05) is 13.8 Å². The van der Waals surface area contributed by atoms with Gasteiger partial charge < -0.3 is 5.32 Å². The molecule has 1 unspecified atom stereocenters. The van der Waals surface area contributed by atoms with Gasteiger partial charge in [0, 0.05) is 18.2 Å². The Hall–Kier alpha value is -0.180. The lowest BCUT2D eigenvalue weighted by atomic mass is 10.2. The zero-order valence-electron chi connectivity index (χ0n) is 7.09. The smallest absolute Gasteiger partial charge is 0.220 e. The monoisotopic (exact) mass is 173 g/mol. The van der Waals surface area contributed by atoms with Crippen LogP contribution in [0.4, 0.5) is 0 Å². The summed E-state index contributed by atoms with van der Waals surface area (Å²) in [5, 5.41) is 3.62. The Kier molecular flexibility index (Phi) is 3.24. The van der Waals surface area contributed by atoms with Gasteiger partial charge in [0.15, 0.2) is 0 Å². The molecule has 64 valence electrons. The maximum atomic E-state index is 10.8. The Morgan fingerprint density at radius 3 is 2.91 bits per heavy atom. The van der Waals surface area contributed by atoms with Gasteiger partial charge in [-0.05, 0) is 11.7 Å². The number of carbonyl (C=O) groups is 1. The topological polar surface area (TPSA) is 29.1 Å². The van der Waals surface area contributed by atoms with E-state index in [0.717, 1.165) is 18.6 Å². The Morgan fingerprint density at radius 2 is 2.45 bits per heavy atom. The highest BCUT2D eigenvalue weighted by Gasteiger charge is 2.20. The van der Waals surface area contributed by atoms with E-state index in [1.54, 1.807) is 0 Å². The number of hydrogen-bond donors (Lipinski definition) is 1. The van der Waals surface area contributed by atoms with Crippen LogP contribution in [0.3, 0.4) is 0 Å². The summed E-state index contributed by atoms with van der Waals surface area (Å²) in [6.45, 7) is 4.36. The third kappa shape index (κ3) is 3.14. The lowest BCUT2D eigenvalue weighted by Gasteiger charge is -2.10. The molecule has 0 saturated carbocycles. The molecule has 0 aromatic rings. The molecule has 3 heteroatoms. The van der Waals surface area contributed by atoms with Gasteiger partial charge in [0.25, 0.3) is 0 Å². The van der Waals surface area contributed by atoms with E-state index in [2.05, 4.69) is 19.2 Å². The second-order valence-corrected chi connectivity index (χ2v) is 4.79. The standard InChI is InChI=1S/C8H15NOS/c1-6(2)11-5-7-3-4-8(10)9-7/h6-7H,3-5H2,1-2H3,(H,9,10). The molecule has 0 aromatic heterocycles. The van der Waals surface area contributed by atoms with Crippen LogP contribution >= 0.6 is 11.8 Å². The van der Waals surface area contributed by atoms with Crippen LogP contribution in [0.1, 0.15) is 26.7 Å². The van der Waals surface area contributed by atoms with Gasteiger partial charge in [-0.25, -0.2) is 0 Å². The first-order valence-electron chi connectivity index (χ1n) is 4.09. The summed E-state index contributed by atoms with van der Waals surface area (Å²) < 4.78 is 0. The van der Waals surface area contributed by atoms with Crippen molar-refractivity contribution in [3.63, 3.8) is 0 Å². The first-order valence-corrected chi connectivity index (χ1v) is 5.14. The number of hydrogen-bond acceptors (Lipinski definition) is 2. The Labute approximate surface area is 72.1 Å². The van der Waals surface area contributed by atoms with Crippen LogP contribution in [0.15, 0.2) is 0 Å². The van der Waals surface area contributed by atoms with E-state index in [9.17, 15) is 4.79 Å². The molecular weight excluding hydrogens is 158 g/mol. The quantitative estimate of drug-likeness (QED) is 0.699. The molecule has 2 nitrogen and oxygen atoms in total. The number of nitrogens with one attached hydrogen (secondary N) is 1. The van der Waals surface area contributed by atoms with Crippen LogP contribution in [0, 0.1) is 0 Å². The Bertz CT molecular complexity index is 147. The molecule has 0 aliphatic carbocycles. The molecule has 0 spiro atoms. The van der Waals surface area contributed by atoms with E-state index in [1.807, 2.05) is 11.8 Å². The second-order valence-electron chi connectivity index (χ2n) is 3.19. The molecule has 1 N–H and O–H groups in total. The van der Waals surface area contributed by atoms with Gasteiger partial charge in [-0.3, -0.25) is 4.79 Å². The average molecular weight is 173 g/mol. The Morgan fingerprint density at radius 1 is 1.73 bits per heavy atom. The zero-order valence-corrected chi connectivity index (χ0v) is 7.91. The fourth-order valence-electron chi connectivity index (χ4n) is 1.11. The maximum absolute atomic E-state index is 10.8. The predicted octanol–water partition coefficient (Wildman–Crippen LogP) is 1.41. The van der Waals surface area contributed by atoms with Crippen molar-refractivity contribution >= 4 is 17.7 Å². The summed E-state index contributed by atoms with van der Waals surface area (Å²) >= 11 is 1.92. The van der Waals surface area contributed by atoms with Crippen LogP contribution in [0.25, 0.3) is 0 Å². The molecular formula is C8H15NOS. The summed E-state index contributed by atoms with van der Waals surface area (Å²) in [5.41, 5.74) is 0. The van der Waals surface area contributed by atoms with Crippen LogP contribution < -0.4 is 5.32 Å². The van der Waals surface area contributed by atoms with E-state index in [4.69, 9.17) is 0 Å². The molecule has 1 atom stereocenters. The van der Waals surface area contributed by atoms with Gasteiger partial charge in [0.2, 0.25) is 5.91 Å². The molecule has 0 bridgehead atoms. The van der Waals surface area contributed by atoms with Crippen molar-refractivity contribution in [1.29, 1.82) is 0 Å². The first kappa shape index (κ1) is 8.91. The van der Waals surface area contributed by atoms with E-state index >= 15 is 0 Å². The van der Waals surface area contributed by atoms with Gasteiger partial charge in [0.1, 0.15) is 0 Å². The van der Waals surface area contributed by atoms with Gasteiger partial charge in [-0.15, -0.1) is 0 Å². The third-order valence-electron chi connectivity index (χ3n) is 1.72. The van der Waals surface area contributed by atoms with Gasteiger partial charge in [0.05, 0.1) is 0 Å². The number of thioether (sulfide) groups is 1. The van der Waals surface area contributed by atoms with E-state index in [0.29, 0.717) is 11.3 Å². The summed E-state index contributed by atoms with van der Waals surface area (Å²) in [5.74, 6) is 1.29. The SMILES string of the molecule is CC(C)SCC1CCC(=O)N1. The largest absolute Gasteiger partial charge is 0.353 e. The number of amides is 1. The van der Waals surface area contributed by atoms with Crippen LogP contribution in [-0.4, -0.2) is 23.0 Å². The number of carbonyl (C=O) groups excluding carboxylic acids is 1. The van der Waals surface area contributed by atoms with Crippen molar-refractivity contribution in [1.82, 2.24) is 5.32 Å². The van der Waals surface area contributed by atoms with E-state index in [1.165, 1.54) is 0 Å². The summed E-state index contributed by atoms with van der Waals surface area (Å²) in [4.78, 5) is 10.8. The van der Waals surface area contributed by atoms with Crippen LogP contribution in [0.2, 0.25) is 0 Å². The highest BCUT2D eigenvalue weighted by Crippen LogP contribution is 2.16. The molecule has 1 aliphatic heterocycles. The fourth-order valence-corrected chi connectivity index (χ4v) is 1.98. The lowest BCUT2D eigenvalue weighted by molar-refractivity contribution is -0.119. The molecule has 1 amide bonds. The van der Waals surface area contributed by atoms with Gasteiger partial charge in [-0.2, -0.15) is 11.8 Å². The summed E-state index contributed by atoms with van der Waals surface area (Å²) in [6, 6.07) is 0.440. The Balaban J connectivity index is 2.13. The maximum Gasteiger partial charge on any atom is 0.220 e. The molecule has 1 heterocycles. The lowest BCUT2D eigenvalue weighted by Crippen LogP contribution is -2.27. The van der Waals surface area contributed by atoms with E-state index in [-0.39, 0.29) is 5.91 Å². The van der Waals surface area contributed by atoms with Crippen LogP contribution in [0.5, 0.6) is 0 Å². The highest BCUT2D eigenvalue weighted by molar-refractivity contribution is 7.99. The van der Waals surface area contributed by atoms with Gasteiger partial charge >= 0.3 is 0 Å². The van der Waals surface area contributed by atoms with Crippen molar-refractivity contribution in [2.75, 3.05) is 5.75 Å². The fraction of sp³-hybridized carbons (Fsp3) is 0.875. The van der Waals surface area contributed by atoms with E-state index < -0.39 is 0 Å². The minimum absolute atomic E-state index is 0.222. The van der Waals surface area contributed by atoms with Crippen molar-refractivity contribution in [2.24, 2.45) is 0 Å². The summed E-state index contributed by atoms with van der Waals surface area (Å²) in [7, 11) is 0. The van der Waals surface area contributed by atoms with Crippen molar-refractivity contribution < 1.29 is 4.79 Å². The summed E-state index contributed by atoms with van der Waals surface area (Å²) in [6.07, 6.45) is 1.75. The second kappa shape index (κ2) is 4.00. The normalized spacial score (nSPS) is 24.3. The zero-order chi connectivity index (χ0) is 8.27. The molecule has 0 aromatic carbocycles. The third-order valence-corrected chi connectivity index (χ3v) is 2.98. The van der Waals surface area contributed by atoms with Crippen LogP contribution in [-0.2, 0) is 4.79 Å². The average Bonchev–Trinajstić information content (AvgIpc) is 2.31. The molecule has 0 radical (unpaired) electrons. The molecule has 1 saturated heterocycles. The molecule has 11 heavy (non-hydrogen) atoms.